The van der Waals surface area contributed by atoms with Gasteiger partial charge in [0.25, 0.3) is 0 Å². The van der Waals surface area contributed by atoms with Crippen molar-refractivity contribution in [2.45, 2.75) is 12.7 Å². The number of hydrogen-bond donors (Lipinski definition) is 3. The summed E-state index contributed by atoms with van der Waals surface area (Å²) in [6, 6.07) is 2.81. The first-order valence-electron chi connectivity index (χ1n) is 5.05. The standard InChI is InChI=1S/C9H9F3N6O/c10-9(11,12)8-16-6(3-7(17-8)18-13)14-4-5-1-2-15-19-5/h1-3H,4,13H2,(H2,14,16,17,18). The van der Waals surface area contributed by atoms with Crippen LogP contribution < -0.4 is 16.6 Å². The van der Waals surface area contributed by atoms with E-state index in [1.54, 1.807) is 6.07 Å². The van der Waals surface area contributed by atoms with Crippen molar-refractivity contribution in [1.29, 1.82) is 0 Å². The number of nitrogens with one attached hydrogen (secondary N) is 2. The van der Waals surface area contributed by atoms with Gasteiger partial charge in [0.05, 0.1) is 12.7 Å². The van der Waals surface area contributed by atoms with Gasteiger partial charge in [-0.3, -0.25) is 0 Å². The zero-order chi connectivity index (χ0) is 13.9. The van der Waals surface area contributed by atoms with Crippen LogP contribution in [-0.4, -0.2) is 15.1 Å². The number of nitrogen functional groups attached to an aromatic ring is 1. The van der Waals surface area contributed by atoms with E-state index in [9.17, 15) is 13.2 Å². The summed E-state index contributed by atoms with van der Waals surface area (Å²) < 4.78 is 42.4. The first-order chi connectivity index (χ1) is 8.99. The van der Waals surface area contributed by atoms with Gasteiger partial charge in [0.15, 0.2) is 5.76 Å². The lowest BCUT2D eigenvalue weighted by Gasteiger charge is -2.10. The highest BCUT2D eigenvalue weighted by molar-refractivity contribution is 5.47. The van der Waals surface area contributed by atoms with Crippen LogP contribution in [-0.2, 0) is 12.7 Å². The van der Waals surface area contributed by atoms with Crippen LogP contribution in [0.2, 0.25) is 0 Å². The molecule has 2 heterocycles. The molecule has 0 fully saturated rings. The second-order valence-corrected chi connectivity index (χ2v) is 3.44. The maximum atomic E-state index is 12.5. The number of aromatic nitrogens is 3. The lowest BCUT2D eigenvalue weighted by molar-refractivity contribution is -0.144. The van der Waals surface area contributed by atoms with Crippen molar-refractivity contribution in [2.24, 2.45) is 5.84 Å². The normalized spacial score (nSPS) is 11.4. The molecular formula is C9H9F3N6O. The van der Waals surface area contributed by atoms with Crippen molar-refractivity contribution in [3.63, 3.8) is 0 Å². The molecule has 0 amide bonds. The van der Waals surface area contributed by atoms with Crippen molar-refractivity contribution in [1.82, 2.24) is 15.1 Å². The molecule has 102 valence electrons. The molecule has 0 aliphatic rings. The zero-order valence-electron chi connectivity index (χ0n) is 9.40. The number of hydrogen-bond acceptors (Lipinski definition) is 7. The van der Waals surface area contributed by atoms with Gasteiger partial charge in [-0.25, -0.2) is 15.8 Å². The highest BCUT2D eigenvalue weighted by atomic mass is 19.4. The first kappa shape index (κ1) is 13.1. The van der Waals surface area contributed by atoms with Gasteiger partial charge in [0.2, 0.25) is 5.82 Å². The van der Waals surface area contributed by atoms with Crippen LogP contribution in [0, 0.1) is 0 Å². The molecule has 7 nitrogen and oxygen atoms in total. The SMILES string of the molecule is NNc1cc(NCc2ccno2)nc(C(F)(F)F)n1. The van der Waals surface area contributed by atoms with Crippen molar-refractivity contribution in [3.05, 3.63) is 29.9 Å². The molecule has 0 radical (unpaired) electrons. The van der Waals surface area contributed by atoms with Gasteiger partial charge >= 0.3 is 6.18 Å². The van der Waals surface area contributed by atoms with Gasteiger partial charge in [-0.05, 0) is 0 Å². The molecule has 19 heavy (non-hydrogen) atoms. The molecule has 0 unspecified atom stereocenters. The zero-order valence-corrected chi connectivity index (χ0v) is 9.40. The average Bonchev–Trinajstić information content (AvgIpc) is 2.88. The van der Waals surface area contributed by atoms with Gasteiger partial charge in [-0.15, -0.1) is 0 Å². The summed E-state index contributed by atoms with van der Waals surface area (Å²) in [5.41, 5.74) is 2.05. The predicted molar refractivity (Wildman–Crippen MR) is 58.7 cm³/mol. The molecule has 10 heteroatoms. The van der Waals surface area contributed by atoms with E-state index in [1.807, 2.05) is 5.43 Å². The maximum Gasteiger partial charge on any atom is 0.451 e. The van der Waals surface area contributed by atoms with E-state index in [0.717, 1.165) is 0 Å². The van der Waals surface area contributed by atoms with Crippen LogP contribution in [0.15, 0.2) is 22.9 Å². The Hall–Kier alpha value is -2.36. The second kappa shape index (κ2) is 5.10. The minimum atomic E-state index is -4.66. The number of alkyl halides is 3. The lowest BCUT2D eigenvalue weighted by atomic mass is 10.4. The van der Waals surface area contributed by atoms with Gasteiger partial charge in [-0.1, -0.05) is 5.16 Å². The van der Waals surface area contributed by atoms with Crippen LogP contribution in [0.25, 0.3) is 0 Å². The van der Waals surface area contributed by atoms with Crippen molar-refractivity contribution in [3.8, 4) is 0 Å². The van der Waals surface area contributed by atoms with Crippen LogP contribution in [0.3, 0.4) is 0 Å². The van der Waals surface area contributed by atoms with E-state index in [4.69, 9.17) is 10.4 Å². The molecule has 0 saturated carbocycles. The van der Waals surface area contributed by atoms with E-state index in [0.29, 0.717) is 5.76 Å². The summed E-state index contributed by atoms with van der Waals surface area (Å²) in [6.45, 7) is 0.137. The molecule has 0 saturated heterocycles. The molecule has 2 rings (SSSR count). The Morgan fingerprint density at radius 2 is 2.00 bits per heavy atom. The fraction of sp³-hybridized carbons (Fsp3) is 0.222. The largest absolute Gasteiger partial charge is 0.451 e. The molecule has 0 aliphatic carbocycles. The summed E-state index contributed by atoms with van der Waals surface area (Å²) in [7, 11) is 0. The Kier molecular flexibility index (Phi) is 3.51. The van der Waals surface area contributed by atoms with Crippen LogP contribution in [0.1, 0.15) is 11.6 Å². The highest BCUT2D eigenvalue weighted by Gasteiger charge is 2.35. The smallest absolute Gasteiger partial charge is 0.363 e. The van der Waals surface area contributed by atoms with Crippen molar-refractivity contribution >= 4 is 11.6 Å². The van der Waals surface area contributed by atoms with E-state index in [2.05, 4.69) is 20.4 Å². The quantitative estimate of drug-likeness (QED) is 0.571. The third-order valence-electron chi connectivity index (χ3n) is 2.06. The van der Waals surface area contributed by atoms with Crippen molar-refractivity contribution < 1.29 is 17.7 Å². The maximum absolute atomic E-state index is 12.5. The monoisotopic (exact) mass is 274 g/mol. The van der Waals surface area contributed by atoms with E-state index < -0.39 is 12.0 Å². The second-order valence-electron chi connectivity index (χ2n) is 3.44. The highest BCUT2D eigenvalue weighted by Crippen LogP contribution is 2.28. The summed E-state index contributed by atoms with van der Waals surface area (Å²) >= 11 is 0. The summed E-state index contributed by atoms with van der Waals surface area (Å²) in [5.74, 6) is 4.04. The fourth-order valence-corrected chi connectivity index (χ4v) is 1.25. The fourth-order valence-electron chi connectivity index (χ4n) is 1.25. The lowest BCUT2D eigenvalue weighted by Crippen LogP contribution is -2.17. The minimum Gasteiger partial charge on any atom is -0.363 e. The topological polar surface area (TPSA) is 102 Å². The van der Waals surface area contributed by atoms with E-state index in [1.165, 1.54) is 12.3 Å². The summed E-state index contributed by atoms with van der Waals surface area (Å²) in [6.07, 6.45) is -3.24. The minimum absolute atomic E-state index is 0.0355. The number of halogens is 3. The number of hydrazine groups is 1. The van der Waals surface area contributed by atoms with Crippen molar-refractivity contribution in [2.75, 3.05) is 10.7 Å². The third-order valence-corrected chi connectivity index (χ3v) is 2.06. The number of rotatable bonds is 4. The Morgan fingerprint density at radius 3 is 2.58 bits per heavy atom. The summed E-state index contributed by atoms with van der Waals surface area (Å²) in [4.78, 5) is 6.57. The van der Waals surface area contributed by atoms with Gasteiger partial charge < -0.3 is 15.3 Å². The van der Waals surface area contributed by atoms with Crippen LogP contribution in [0.4, 0.5) is 24.8 Å². The molecule has 0 bridgehead atoms. The summed E-state index contributed by atoms with van der Waals surface area (Å²) in [5, 5.41) is 6.12. The first-order valence-corrected chi connectivity index (χ1v) is 5.05. The molecule has 0 spiro atoms. The predicted octanol–water partition coefficient (Wildman–Crippen LogP) is 1.38. The van der Waals surface area contributed by atoms with Gasteiger partial charge in [0, 0.05) is 12.1 Å². The molecule has 2 aromatic heterocycles. The van der Waals surface area contributed by atoms with E-state index in [-0.39, 0.29) is 18.2 Å². The number of anilines is 2. The number of nitrogens with two attached hydrogens (primary N) is 1. The third kappa shape index (κ3) is 3.31. The molecule has 0 aliphatic heterocycles. The van der Waals surface area contributed by atoms with Crippen LogP contribution in [0.5, 0.6) is 0 Å². The molecule has 2 aromatic rings. The van der Waals surface area contributed by atoms with Gasteiger partial charge in [0.1, 0.15) is 11.6 Å². The van der Waals surface area contributed by atoms with Gasteiger partial charge in [-0.2, -0.15) is 13.2 Å². The Morgan fingerprint density at radius 1 is 1.26 bits per heavy atom. The molecule has 4 N–H and O–H groups in total. The Balaban J connectivity index is 2.19. The number of nitrogens with zero attached hydrogens (tertiary/aromatic N) is 3. The van der Waals surface area contributed by atoms with Crippen LogP contribution >= 0.6 is 0 Å². The molecular weight excluding hydrogens is 265 g/mol. The molecule has 0 aromatic carbocycles. The Bertz CT molecular complexity index is 541. The Labute approximate surface area is 105 Å². The van der Waals surface area contributed by atoms with E-state index >= 15 is 0 Å². The molecule has 0 atom stereocenters. The average molecular weight is 274 g/mol.